The third-order valence-electron chi connectivity index (χ3n) is 4.65. The lowest BCUT2D eigenvalue weighted by Crippen LogP contribution is -2.43. The minimum absolute atomic E-state index is 0.240. The number of hydrogen-bond acceptors (Lipinski definition) is 8. The number of aryl methyl sites for hydroxylation is 2. The molecule has 1 fully saturated rings. The molecule has 0 aliphatic carbocycles. The number of thiazole rings is 1. The Balaban J connectivity index is 1.61. The van der Waals surface area contributed by atoms with E-state index in [1.165, 1.54) is 11.3 Å². The average Bonchev–Trinajstić information content (AvgIpc) is 3.27. The summed E-state index contributed by atoms with van der Waals surface area (Å²) in [4.78, 5) is 31.8. The largest absolute Gasteiger partial charge is 0.345 e. The number of H-pyrrole nitrogens is 1. The molecule has 0 saturated carbocycles. The number of nitrogens with one attached hydrogen (secondary N) is 2. The second kappa shape index (κ2) is 6.10. The number of fused-ring (bicyclic) bond motifs is 2. The summed E-state index contributed by atoms with van der Waals surface area (Å²) in [5, 5.41) is 8.72. The Kier molecular flexibility index (Phi) is 3.69. The van der Waals surface area contributed by atoms with Crippen molar-refractivity contribution in [2.75, 3.05) is 31.1 Å². The van der Waals surface area contributed by atoms with E-state index in [-0.39, 0.29) is 5.56 Å². The molecule has 4 aromatic heterocycles. The third kappa shape index (κ3) is 2.77. The molecular weight excluding hydrogens is 364 g/mol. The summed E-state index contributed by atoms with van der Waals surface area (Å²) in [5.74, 6) is 0.448. The maximum Gasteiger partial charge on any atom is 0.278 e. The van der Waals surface area contributed by atoms with Crippen molar-refractivity contribution in [3.63, 3.8) is 0 Å². The van der Waals surface area contributed by atoms with Crippen molar-refractivity contribution in [2.45, 2.75) is 13.8 Å². The SMILES string of the molecule is Cc1cn2nc(-c3nc4sc(N5CCNCC5)nc4c(=O)[nH]3)cc2c(C)n1. The van der Waals surface area contributed by atoms with E-state index in [9.17, 15) is 4.79 Å². The van der Waals surface area contributed by atoms with E-state index < -0.39 is 0 Å². The monoisotopic (exact) mass is 382 g/mol. The van der Waals surface area contributed by atoms with Gasteiger partial charge in [0.25, 0.3) is 5.56 Å². The van der Waals surface area contributed by atoms with Crippen LogP contribution in [0.4, 0.5) is 5.13 Å². The highest BCUT2D eigenvalue weighted by Gasteiger charge is 2.19. The quantitative estimate of drug-likeness (QED) is 0.535. The van der Waals surface area contributed by atoms with Crippen molar-refractivity contribution in [1.29, 1.82) is 0 Å². The van der Waals surface area contributed by atoms with E-state index in [2.05, 4.69) is 35.3 Å². The van der Waals surface area contributed by atoms with Gasteiger partial charge in [0.2, 0.25) is 0 Å². The Morgan fingerprint density at radius 3 is 2.78 bits per heavy atom. The Bertz CT molecular complexity index is 1220. The van der Waals surface area contributed by atoms with Crippen LogP contribution in [0, 0.1) is 13.8 Å². The lowest BCUT2D eigenvalue weighted by molar-refractivity contribution is 0.588. The molecule has 0 radical (unpaired) electrons. The Morgan fingerprint density at radius 2 is 1.96 bits per heavy atom. The molecule has 10 heteroatoms. The number of hydrogen-bond donors (Lipinski definition) is 2. The second-order valence-corrected chi connectivity index (χ2v) is 7.58. The van der Waals surface area contributed by atoms with Gasteiger partial charge in [-0.3, -0.25) is 9.78 Å². The zero-order valence-electron chi connectivity index (χ0n) is 15.0. The lowest BCUT2D eigenvalue weighted by Gasteiger charge is -2.26. The van der Waals surface area contributed by atoms with E-state index in [1.807, 2.05) is 26.1 Å². The van der Waals surface area contributed by atoms with Crippen LogP contribution in [0.1, 0.15) is 11.4 Å². The number of aromatic amines is 1. The average molecular weight is 382 g/mol. The molecule has 0 amide bonds. The number of piperazine rings is 1. The topological polar surface area (TPSA) is 104 Å². The van der Waals surface area contributed by atoms with Gasteiger partial charge in [0.1, 0.15) is 5.69 Å². The number of anilines is 1. The van der Waals surface area contributed by atoms with Gasteiger partial charge < -0.3 is 15.2 Å². The number of rotatable bonds is 2. The van der Waals surface area contributed by atoms with Gasteiger partial charge in [0.15, 0.2) is 21.3 Å². The first-order valence-corrected chi connectivity index (χ1v) is 9.61. The van der Waals surface area contributed by atoms with Gasteiger partial charge in [-0.15, -0.1) is 0 Å². The molecule has 0 aromatic carbocycles. The molecule has 27 heavy (non-hydrogen) atoms. The maximum absolute atomic E-state index is 12.6. The van der Waals surface area contributed by atoms with Crippen LogP contribution in [0.3, 0.4) is 0 Å². The predicted octanol–water partition coefficient (Wildman–Crippen LogP) is 1.12. The van der Waals surface area contributed by atoms with Crippen LogP contribution in [0.5, 0.6) is 0 Å². The van der Waals surface area contributed by atoms with Gasteiger partial charge in [-0.25, -0.2) is 14.5 Å². The fraction of sp³-hybridized carbons (Fsp3) is 0.353. The molecule has 2 N–H and O–H groups in total. The van der Waals surface area contributed by atoms with E-state index in [0.29, 0.717) is 21.9 Å². The fourth-order valence-corrected chi connectivity index (χ4v) is 4.33. The molecule has 5 heterocycles. The summed E-state index contributed by atoms with van der Waals surface area (Å²) in [5.41, 5.74) is 3.42. The van der Waals surface area contributed by atoms with Crippen molar-refractivity contribution >= 4 is 32.3 Å². The van der Waals surface area contributed by atoms with Crippen molar-refractivity contribution in [2.24, 2.45) is 0 Å². The second-order valence-electron chi connectivity index (χ2n) is 6.63. The smallest absolute Gasteiger partial charge is 0.278 e. The van der Waals surface area contributed by atoms with Crippen molar-refractivity contribution < 1.29 is 0 Å². The molecule has 0 unspecified atom stereocenters. The van der Waals surface area contributed by atoms with Crippen LogP contribution in [0.2, 0.25) is 0 Å². The van der Waals surface area contributed by atoms with Gasteiger partial charge in [-0.05, 0) is 19.9 Å². The normalized spacial score (nSPS) is 15.1. The molecule has 0 atom stereocenters. The van der Waals surface area contributed by atoms with Crippen molar-refractivity contribution in [3.8, 4) is 11.5 Å². The van der Waals surface area contributed by atoms with E-state index in [1.54, 1.807) is 4.52 Å². The van der Waals surface area contributed by atoms with Crippen LogP contribution in [0.15, 0.2) is 17.1 Å². The van der Waals surface area contributed by atoms with Crippen LogP contribution in [0.25, 0.3) is 27.4 Å². The summed E-state index contributed by atoms with van der Waals surface area (Å²) in [6.45, 7) is 7.45. The van der Waals surface area contributed by atoms with E-state index in [4.69, 9.17) is 0 Å². The molecule has 0 bridgehead atoms. The van der Waals surface area contributed by atoms with Gasteiger partial charge in [-0.1, -0.05) is 11.3 Å². The zero-order chi connectivity index (χ0) is 18.5. The summed E-state index contributed by atoms with van der Waals surface area (Å²) < 4.78 is 1.77. The molecule has 0 spiro atoms. The van der Waals surface area contributed by atoms with E-state index in [0.717, 1.165) is 48.2 Å². The molecule has 4 aromatic rings. The van der Waals surface area contributed by atoms with Gasteiger partial charge >= 0.3 is 0 Å². The first kappa shape index (κ1) is 16.3. The van der Waals surface area contributed by atoms with Gasteiger partial charge in [0, 0.05) is 26.2 Å². The van der Waals surface area contributed by atoms with Crippen molar-refractivity contribution in [1.82, 2.24) is 34.9 Å². The molecule has 5 rings (SSSR count). The Morgan fingerprint density at radius 1 is 1.15 bits per heavy atom. The highest BCUT2D eigenvalue weighted by Crippen LogP contribution is 2.27. The van der Waals surface area contributed by atoms with Crippen LogP contribution in [-0.2, 0) is 0 Å². The lowest BCUT2D eigenvalue weighted by atomic mass is 10.3. The Hall–Kier alpha value is -2.85. The molecular formula is C17H18N8OS. The summed E-state index contributed by atoms with van der Waals surface area (Å²) in [7, 11) is 0. The number of nitrogens with zero attached hydrogens (tertiary/aromatic N) is 6. The molecule has 1 saturated heterocycles. The molecule has 138 valence electrons. The fourth-order valence-electron chi connectivity index (χ4n) is 3.34. The van der Waals surface area contributed by atoms with Crippen molar-refractivity contribution in [3.05, 3.63) is 34.0 Å². The summed E-state index contributed by atoms with van der Waals surface area (Å²) in [6, 6.07) is 1.89. The zero-order valence-corrected chi connectivity index (χ0v) is 15.8. The van der Waals surface area contributed by atoms with Crippen LogP contribution in [-0.4, -0.2) is 55.7 Å². The summed E-state index contributed by atoms with van der Waals surface area (Å²) >= 11 is 1.45. The summed E-state index contributed by atoms with van der Waals surface area (Å²) in [6.07, 6.45) is 1.86. The van der Waals surface area contributed by atoms with Gasteiger partial charge in [-0.2, -0.15) is 5.10 Å². The Labute approximate surface area is 158 Å². The molecule has 1 aliphatic rings. The minimum atomic E-state index is -0.240. The van der Waals surface area contributed by atoms with Crippen LogP contribution >= 0.6 is 11.3 Å². The standard InChI is InChI=1S/C17H18N8OS/c1-9-8-25-12(10(2)19-9)7-11(23-25)14-21-15(26)13-16(22-14)27-17(20-13)24-5-3-18-4-6-24/h7-8,18H,3-6H2,1-2H3,(H,21,22,26). The third-order valence-corrected chi connectivity index (χ3v) is 5.66. The highest BCUT2D eigenvalue weighted by atomic mass is 32.1. The first-order chi connectivity index (χ1) is 13.1. The highest BCUT2D eigenvalue weighted by molar-refractivity contribution is 7.21. The number of aromatic nitrogens is 6. The predicted molar refractivity (Wildman–Crippen MR) is 105 cm³/mol. The van der Waals surface area contributed by atoms with Gasteiger partial charge in [0.05, 0.1) is 23.1 Å². The first-order valence-electron chi connectivity index (χ1n) is 8.79. The van der Waals surface area contributed by atoms with E-state index >= 15 is 0 Å². The molecule has 1 aliphatic heterocycles. The maximum atomic E-state index is 12.6. The minimum Gasteiger partial charge on any atom is -0.345 e. The van der Waals surface area contributed by atoms with Crippen LogP contribution < -0.4 is 15.8 Å². The molecule has 9 nitrogen and oxygen atoms in total.